The summed E-state index contributed by atoms with van der Waals surface area (Å²) >= 11 is 0. The van der Waals surface area contributed by atoms with E-state index in [2.05, 4.69) is 11.9 Å². The maximum atomic E-state index is 12.5. The van der Waals surface area contributed by atoms with Gasteiger partial charge >= 0.3 is 0 Å². The Bertz CT molecular complexity index is 828. The summed E-state index contributed by atoms with van der Waals surface area (Å²) in [6, 6.07) is 11.9. The Labute approximate surface area is 152 Å². The van der Waals surface area contributed by atoms with Gasteiger partial charge in [0.2, 0.25) is 0 Å². The van der Waals surface area contributed by atoms with Crippen LogP contribution in [0.3, 0.4) is 0 Å². The number of amides is 2. The van der Waals surface area contributed by atoms with E-state index in [1.807, 2.05) is 6.07 Å². The zero-order chi connectivity index (χ0) is 18.7. The number of fused-ring (bicyclic) bond motifs is 1. The van der Waals surface area contributed by atoms with Crippen molar-refractivity contribution in [2.24, 2.45) is 0 Å². The highest BCUT2D eigenvalue weighted by atomic mass is 16.5. The molecule has 1 aliphatic rings. The van der Waals surface area contributed by atoms with E-state index in [0.717, 1.165) is 5.69 Å². The molecule has 1 atom stereocenters. The van der Waals surface area contributed by atoms with Gasteiger partial charge in [-0.15, -0.1) is 6.58 Å². The molecule has 2 amide bonds. The summed E-state index contributed by atoms with van der Waals surface area (Å²) in [4.78, 5) is 26.2. The van der Waals surface area contributed by atoms with Crippen molar-refractivity contribution in [1.82, 2.24) is 4.90 Å². The zero-order valence-electron chi connectivity index (χ0n) is 14.7. The molecule has 1 N–H and O–H groups in total. The fraction of sp³-hybridized carbons (Fsp3) is 0.200. The zero-order valence-corrected chi connectivity index (χ0v) is 14.7. The first-order chi connectivity index (χ1) is 12.6. The molecule has 1 heterocycles. The minimum Gasteiger partial charge on any atom is -0.493 e. The SMILES string of the molecule is C=C[C@@H](CN1C(=O)c2ccccc2C1=O)Nc1ccc(OC)c(OC)c1. The van der Waals surface area contributed by atoms with Crippen molar-refractivity contribution in [3.8, 4) is 11.5 Å². The molecule has 6 nitrogen and oxygen atoms in total. The molecular weight excluding hydrogens is 332 g/mol. The Balaban J connectivity index is 1.76. The lowest BCUT2D eigenvalue weighted by Gasteiger charge is -2.22. The van der Waals surface area contributed by atoms with Crippen molar-refractivity contribution >= 4 is 17.5 Å². The molecule has 2 aromatic rings. The number of ether oxygens (including phenoxy) is 2. The van der Waals surface area contributed by atoms with E-state index in [-0.39, 0.29) is 24.4 Å². The maximum absolute atomic E-state index is 12.5. The molecular formula is C20H20N2O4. The van der Waals surface area contributed by atoms with Gasteiger partial charge in [0.25, 0.3) is 11.8 Å². The number of nitrogens with zero attached hydrogens (tertiary/aromatic N) is 1. The topological polar surface area (TPSA) is 67.9 Å². The number of hydrogen-bond acceptors (Lipinski definition) is 5. The highest BCUT2D eigenvalue weighted by Crippen LogP contribution is 2.30. The highest BCUT2D eigenvalue weighted by molar-refractivity contribution is 6.21. The fourth-order valence-corrected chi connectivity index (χ4v) is 2.92. The maximum Gasteiger partial charge on any atom is 0.261 e. The molecule has 1 aliphatic heterocycles. The molecule has 0 spiro atoms. The van der Waals surface area contributed by atoms with E-state index < -0.39 is 0 Å². The molecule has 0 saturated heterocycles. The van der Waals surface area contributed by atoms with Gasteiger partial charge in [0.15, 0.2) is 11.5 Å². The summed E-state index contributed by atoms with van der Waals surface area (Å²) in [5, 5.41) is 3.25. The van der Waals surface area contributed by atoms with Crippen molar-refractivity contribution in [2.45, 2.75) is 6.04 Å². The quantitative estimate of drug-likeness (QED) is 0.613. The lowest BCUT2D eigenvalue weighted by atomic mass is 10.1. The first kappa shape index (κ1) is 17.5. The number of methoxy groups -OCH3 is 2. The number of nitrogens with one attached hydrogen (secondary N) is 1. The number of rotatable bonds is 7. The first-order valence-electron chi connectivity index (χ1n) is 8.15. The Hall–Kier alpha value is -3.28. The van der Waals surface area contributed by atoms with Gasteiger partial charge in [-0.1, -0.05) is 18.2 Å². The third-order valence-electron chi connectivity index (χ3n) is 4.28. The molecule has 0 aromatic heterocycles. The Morgan fingerprint density at radius 3 is 2.19 bits per heavy atom. The third-order valence-corrected chi connectivity index (χ3v) is 4.28. The van der Waals surface area contributed by atoms with E-state index in [0.29, 0.717) is 22.6 Å². The number of hydrogen-bond donors (Lipinski definition) is 1. The summed E-state index contributed by atoms with van der Waals surface area (Å²) in [5.74, 6) is 0.632. The minimum absolute atomic E-state index is 0.185. The molecule has 0 aliphatic carbocycles. The Morgan fingerprint density at radius 2 is 1.65 bits per heavy atom. The van der Waals surface area contributed by atoms with Gasteiger partial charge in [0.05, 0.1) is 37.9 Å². The molecule has 0 fully saturated rings. The van der Waals surface area contributed by atoms with Gasteiger partial charge in [0, 0.05) is 11.8 Å². The van der Waals surface area contributed by atoms with Crippen LogP contribution in [0.25, 0.3) is 0 Å². The number of carbonyl (C=O) groups excluding carboxylic acids is 2. The summed E-state index contributed by atoms with van der Waals surface area (Å²) in [6.45, 7) is 3.99. The van der Waals surface area contributed by atoms with E-state index in [1.54, 1.807) is 56.7 Å². The van der Waals surface area contributed by atoms with E-state index in [4.69, 9.17) is 9.47 Å². The summed E-state index contributed by atoms with van der Waals surface area (Å²) in [6.07, 6.45) is 1.67. The van der Waals surface area contributed by atoms with Gasteiger partial charge < -0.3 is 14.8 Å². The van der Waals surface area contributed by atoms with Crippen molar-refractivity contribution in [3.05, 3.63) is 66.2 Å². The molecule has 0 radical (unpaired) electrons. The van der Waals surface area contributed by atoms with E-state index in [9.17, 15) is 9.59 Å². The van der Waals surface area contributed by atoms with Crippen molar-refractivity contribution in [1.29, 1.82) is 0 Å². The van der Waals surface area contributed by atoms with Crippen LogP contribution in [0, 0.1) is 0 Å². The number of anilines is 1. The molecule has 6 heteroatoms. The number of imide groups is 1. The van der Waals surface area contributed by atoms with Gasteiger partial charge in [-0.05, 0) is 24.3 Å². The van der Waals surface area contributed by atoms with Crippen LogP contribution in [0.15, 0.2) is 55.1 Å². The molecule has 2 aromatic carbocycles. The van der Waals surface area contributed by atoms with Crippen LogP contribution in [0.4, 0.5) is 5.69 Å². The second kappa shape index (κ2) is 7.31. The first-order valence-corrected chi connectivity index (χ1v) is 8.15. The molecule has 0 bridgehead atoms. The molecule has 3 rings (SSSR count). The average Bonchev–Trinajstić information content (AvgIpc) is 2.92. The van der Waals surface area contributed by atoms with Crippen molar-refractivity contribution in [2.75, 3.05) is 26.1 Å². The van der Waals surface area contributed by atoms with Crippen LogP contribution in [-0.2, 0) is 0 Å². The largest absolute Gasteiger partial charge is 0.493 e. The smallest absolute Gasteiger partial charge is 0.261 e. The lowest BCUT2D eigenvalue weighted by molar-refractivity contribution is 0.0653. The molecule has 0 saturated carbocycles. The van der Waals surface area contributed by atoms with Crippen LogP contribution in [0.2, 0.25) is 0 Å². The third kappa shape index (κ3) is 3.13. The van der Waals surface area contributed by atoms with Crippen molar-refractivity contribution < 1.29 is 19.1 Å². The molecule has 134 valence electrons. The van der Waals surface area contributed by atoms with E-state index in [1.165, 1.54) is 4.90 Å². The van der Waals surface area contributed by atoms with Gasteiger partial charge in [-0.3, -0.25) is 14.5 Å². The Kier molecular flexibility index (Phi) is 4.93. The van der Waals surface area contributed by atoms with E-state index >= 15 is 0 Å². The van der Waals surface area contributed by atoms with Gasteiger partial charge in [0.1, 0.15) is 0 Å². The van der Waals surface area contributed by atoms with Crippen molar-refractivity contribution in [3.63, 3.8) is 0 Å². The van der Waals surface area contributed by atoms with Gasteiger partial charge in [-0.2, -0.15) is 0 Å². The normalized spacial score (nSPS) is 14.0. The summed E-state index contributed by atoms with van der Waals surface area (Å²) in [5.41, 5.74) is 1.64. The Morgan fingerprint density at radius 1 is 1.04 bits per heavy atom. The monoisotopic (exact) mass is 352 g/mol. The van der Waals surface area contributed by atoms with Crippen LogP contribution < -0.4 is 14.8 Å². The van der Waals surface area contributed by atoms with Crippen LogP contribution in [-0.4, -0.2) is 43.5 Å². The van der Waals surface area contributed by atoms with Crippen LogP contribution >= 0.6 is 0 Å². The summed E-state index contributed by atoms with van der Waals surface area (Å²) in [7, 11) is 3.13. The predicted molar refractivity (Wildman–Crippen MR) is 99.0 cm³/mol. The second-order valence-electron chi connectivity index (χ2n) is 5.82. The number of carbonyl (C=O) groups is 2. The predicted octanol–water partition coefficient (Wildman–Crippen LogP) is 2.97. The standard InChI is InChI=1S/C20H20N2O4/c1-4-13(21-14-9-10-17(25-2)18(11-14)26-3)12-22-19(23)15-7-5-6-8-16(15)20(22)24/h4-11,13,21H,1,12H2,2-3H3/t13-/m0/s1. The second-order valence-corrected chi connectivity index (χ2v) is 5.82. The summed E-state index contributed by atoms with van der Waals surface area (Å²) < 4.78 is 10.5. The molecule has 26 heavy (non-hydrogen) atoms. The van der Waals surface area contributed by atoms with Crippen LogP contribution in [0.5, 0.6) is 11.5 Å². The van der Waals surface area contributed by atoms with Gasteiger partial charge in [-0.25, -0.2) is 0 Å². The average molecular weight is 352 g/mol. The van der Waals surface area contributed by atoms with Crippen LogP contribution in [0.1, 0.15) is 20.7 Å². The lowest BCUT2D eigenvalue weighted by Crippen LogP contribution is -2.39. The molecule has 0 unspecified atom stereocenters. The fourth-order valence-electron chi connectivity index (χ4n) is 2.92. The minimum atomic E-state index is -0.310. The highest BCUT2D eigenvalue weighted by Gasteiger charge is 2.35. The number of benzene rings is 2.